The summed E-state index contributed by atoms with van der Waals surface area (Å²) >= 11 is 6.53. The van der Waals surface area contributed by atoms with Crippen LogP contribution in [0.25, 0.3) is 0 Å². The van der Waals surface area contributed by atoms with Crippen LogP contribution in [0.5, 0.6) is 0 Å². The fourth-order valence-electron chi connectivity index (χ4n) is 4.34. The highest BCUT2D eigenvalue weighted by Gasteiger charge is 2.46. The van der Waals surface area contributed by atoms with Gasteiger partial charge < -0.3 is 4.90 Å². The molecule has 1 aromatic heterocycles. The predicted molar refractivity (Wildman–Crippen MR) is 98.9 cm³/mol. The Hall–Kier alpha value is -1.81. The number of carbonyl (C=O) groups excluding carboxylic acids is 1. The summed E-state index contributed by atoms with van der Waals surface area (Å²) in [4.78, 5) is 14.9. The van der Waals surface area contributed by atoms with Crippen LogP contribution >= 0.6 is 11.6 Å². The van der Waals surface area contributed by atoms with E-state index >= 15 is 0 Å². The Balaban J connectivity index is 1.50. The van der Waals surface area contributed by atoms with E-state index < -0.39 is 0 Å². The van der Waals surface area contributed by atoms with E-state index in [2.05, 4.69) is 5.10 Å². The lowest BCUT2D eigenvalue weighted by molar-refractivity contribution is -0.0155. The van der Waals surface area contributed by atoms with Crippen LogP contribution in [0.15, 0.2) is 30.3 Å². The first-order chi connectivity index (χ1) is 12.1. The van der Waals surface area contributed by atoms with Crippen LogP contribution in [-0.2, 0) is 6.54 Å². The fraction of sp³-hybridized carbons (Fsp3) is 0.500. The molecule has 4 rings (SSSR count). The maximum Gasteiger partial charge on any atom is 0.258 e. The number of aromatic nitrogens is 2. The Morgan fingerprint density at radius 3 is 2.52 bits per heavy atom. The van der Waals surface area contributed by atoms with Crippen molar-refractivity contribution in [1.82, 2.24) is 14.7 Å². The second-order valence-corrected chi connectivity index (χ2v) is 7.97. The highest BCUT2D eigenvalue weighted by Crippen LogP contribution is 2.44. The summed E-state index contributed by atoms with van der Waals surface area (Å²) in [6, 6.07) is 10.1. The molecule has 0 atom stereocenters. The van der Waals surface area contributed by atoms with Gasteiger partial charge in [0, 0.05) is 18.5 Å². The first-order valence-electron chi connectivity index (χ1n) is 9.14. The van der Waals surface area contributed by atoms with Crippen LogP contribution < -0.4 is 0 Å². The van der Waals surface area contributed by atoms with Crippen molar-refractivity contribution in [3.63, 3.8) is 0 Å². The first-order valence-corrected chi connectivity index (χ1v) is 9.52. The van der Waals surface area contributed by atoms with Gasteiger partial charge in [0.05, 0.1) is 17.8 Å². The molecule has 2 aliphatic rings. The molecule has 2 aromatic rings. The number of amides is 1. The predicted octanol–water partition coefficient (Wildman–Crippen LogP) is 4.30. The van der Waals surface area contributed by atoms with E-state index in [1.807, 2.05) is 42.2 Å². The third kappa shape index (κ3) is 3.08. The smallest absolute Gasteiger partial charge is 0.258 e. The van der Waals surface area contributed by atoms with Gasteiger partial charge in [-0.15, -0.1) is 0 Å². The third-order valence-electron chi connectivity index (χ3n) is 5.71. The number of rotatable bonds is 3. The quantitative estimate of drug-likeness (QED) is 0.821. The average molecular weight is 358 g/mol. The fourth-order valence-corrected chi connectivity index (χ4v) is 4.66. The molecule has 132 valence electrons. The van der Waals surface area contributed by atoms with Crippen molar-refractivity contribution in [3.8, 4) is 0 Å². The van der Waals surface area contributed by atoms with Crippen molar-refractivity contribution in [2.24, 2.45) is 5.41 Å². The topological polar surface area (TPSA) is 38.1 Å². The van der Waals surface area contributed by atoms with Gasteiger partial charge >= 0.3 is 0 Å². The van der Waals surface area contributed by atoms with Crippen molar-refractivity contribution < 1.29 is 4.79 Å². The van der Waals surface area contributed by atoms with Gasteiger partial charge in [-0.1, -0.05) is 61.2 Å². The molecule has 1 saturated carbocycles. The van der Waals surface area contributed by atoms with Crippen LogP contribution in [0.1, 0.15) is 53.7 Å². The Labute approximate surface area is 153 Å². The van der Waals surface area contributed by atoms with Crippen LogP contribution in [0, 0.1) is 12.3 Å². The Bertz CT molecular complexity index is 770. The summed E-state index contributed by atoms with van der Waals surface area (Å²) in [7, 11) is 0. The van der Waals surface area contributed by atoms with Gasteiger partial charge in [0.15, 0.2) is 0 Å². The lowest BCUT2D eigenvalue weighted by Gasteiger charge is -2.52. The molecule has 5 heteroatoms. The molecule has 1 spiro atoms. The molecule has 25 heavy (non-hydrogen) atoms. The maximum atomic E-state index is 12.9. The average Bonchev–Trinajstić information content (AvgIpc) is 2.87. The third-order valence-corrected chi connectivity index (χ3v) is 6.09. The van der Waals surface area contributed by atoms with Crippen LogP contribution in [-0.4, -0.2) is 33.7 Å². The first kappa shape index (κ1) is 16.6. The number of hydrogen-bond acceptors (Lipinski definition) is 2. The second kappa shape index (κ2) is 6.49. The molecule has 4 nitrogen and oxygen atoms in total. The monoisotopic (exact) mass is 357 g/mol. The minimum absolute atomic E-state index is 0.0398. The molecule has 2 heterocycles. The Morgan fingerprint density at radius 1 is 1.16 bits per heavy atom. The molecule has 0 bridgehead atoms. The van der Waals surface area contributed by atoms with E-state index in [-0.39, 0.29) is 5.91 Å². The molecule has 2 fully saturated rings. The normalized spacial score (nSPS) is 19.0. The van der Waals surface area contributed by atoms with E-state index in [4.69, 9.17) is 11.6 Å². The van der Waals surface area contributed by atoms with Crippen LogP contribution in [0.3, 0.4) is 0 Å². The van der Waals surface area contributed by atoms with Crippen LogP contribution in [0.2, 0.25) is 5.15 Å². The van der Waals surface area contributed by atoms with E-state index in [0.29, 0.717) is 22.7 Å². The van der Waals surface area contributed by atoms with Gasteiger partial charge in [-0.2, -0.15) is 5.10 Å². The number of benzene rings is 1. The summed E-state index contributed by atoms with van der Waals surface area (Å²) in [6.45, 7) is 4.21. The summed E-state index contributed by atoms with van der Waals surface area (Å²) in [5.41, 5.74) is 2.80. The molecule has 0 N–H and O–H groups in total. The molecular formula is C20H24ClN3O. The zero-order chi connectivity index (χ0) is 17.4. The molecule has 1 amide bonds. The second-order valence-electron chi connectivity index (χ2n) is 7.62. The maximum absolute atomic E-state index is 12.9. The van der Waals surface area contributed by atoms with E-state index in [1.54, 1.807) is 4.68 Å². The number of likely N-dealkylation sites (tertiary alicyclic amines) is 1. The van der Waals surface area contributed by atoms with Crippen molar-refractivity contribution in [1.29, 1.82) is 0 Å². The van der Waals surface area contributed by atoms with E-state index in [0.717, 1.165) is 24.3 Å². The van der Waals surface area contributed by atoms with Gasteiger partial charge in [-0.3, -0.25) is 4.79 Å². The van der Waals surface area contributed by atoms with Crippen molar-refractivity contribution in [3.05, 3.63) is 52.3 Å². The summed E-state index contributed by atoms with van der Waals surface area (Å²) in [5.74, 6) is 0.0398. The number of nitrogens with zero attached hydrogens (tertiary/aromatic N) is 3. The Morgan fingerprint density at radius 2 is 1.84 bits per heavy atom. The molecule has 0 unspecified atom stereocenters. The van der Waals surface area contributed by atoms with Gasteiger partial charge in [0.2, 0.25) is 0 Å². The largest absolute Gasteiger partial charge is 0.337 e. The summed E-state index contributed by atoms with van der Waals surface area (Å²) < 4.78 is 1.73. The lowest BCUT2D eigenvalue weighted by Crippen LogP contribution is -2.59. The minimum Gasteiger partial charge on any atom is -0.337 e. The van der Waals surface area contributed by atoms with Gasteiger partial charge in [0.1, 0.15) is 5.15 Å². The molecule has 1 aliphatic carbocycles. The van der Waals surface area contributed by atoms with Crippen molar-refractivity contribution in [2.45, 2.75) is 45.6 Å². The Kier molecular flexibility index (Phi) is 4.32. The number of halogens is 1. The highest BCUT2D eigenvalue weighted by molar-refractivity contribution is 6.33. The SMILES string of the molecule is Cc1nn(Cc2ccccc2)c(Cl)c1C(=O)N1CC2(CCCCC2)C1. The summed E-state index contributed by atoms with van der Waals surface area (Å²) in [6.07, 6.45) is 6.47. The van der Waals surface area contributed by atoms with E-state index in [9.17, 15) is 4.79 Å². The zero-order valence-corrected chi connectivity index (χ0v) is 15.4. The molecule has 1 aliphatic heterocycles. The number of carbonyl (C=O) groups is 1. The van der Waals surface area contributed by atoms with Crippen molar-refractivity contribution in [2.75, 3.05) is 13.1 Å². The molecule has 1 aromatic carbocycles. The van der Waals surface area contributed by atoms with Gasteiger partial charge in [0.25, 0.3) is 5.91 Å². The highest BCUT2D eigenvalue weighted by atomic mass is 35.5. The zero-order valence-electron chi connectivity index (χ0n) is 14.7. The number of aryl methyl sites for hydroxylation is 1. The lowest BCUT2D eigenvalue weighted by atomic mass is 9.68. The number of hydrogen-bond donors (Lipinski definition) is 0. The van der Waals surface area contributed by atoms with Gasteiger partial charge in [-0.25, -0.2) is 4.68 Å². The molecule has 0 radical (unpaired) electrons. The van der Waals surface area contributed by atoms with Crippen molar-refractivity contribution >= 4 is 17.5 Å². The molecule has 1 saturated heterocycles. The summed E-state index contributed by atoms with van der Waals surface area (Å²) in [5, 5.41) is 4.96. The molecular weight excluding hydrogens is 334 g/mol. The van der Waals surface area contributed by atoms with E-state index in [1.165, 1.54) is 32.1 Å². The van der Waals surface area contributed by atoms with Gasteiger partial charge in [-0.05, 0) is 25.3 Å². The minimum atomic E-state index is 0.0398. The van der Waals surface area contributed by atoms with Crippen LogP contribution in [0.4, 0.5) is 0 Å². The standard InChI is InChI=1S/C20H24ClN3O/c1-15-17(18(21)24(22-15)12-16-8-4-2-5-9-16)19(25)23-13-20(14-23)10-6-3-7-11-20/h2,4-5,8-9H,3,6-7,10-14H2,1H3.